The average molecular weight is 324 g/mol. The number of aryl methyl sites for hydroxylation is 1. The Morgan fingerprint density at radius 2 is 1.92 bits per heavy atom. The molecule has 0 radical (unpaired) electrons. The minimum Gasteiger partial charge on any atom is -0.504 e. The lowest BCUT2D eigenvalue weighted by molar-refractivity contribution is 0.0998. The summed E-state index contributed by atoms with van der Waals surface area (Å²) in [6.45, 7) is 2.05. The van der Waals surface area contributed by atoms with Crippen LogP contribution in [0.1, 0.15) is 35.3 Å². The van der Waals surface area contributed by atoms with Crippen LogP contribution in [0.2, 0.25) is 0 Å². The standard InChI is InChI=1S/C19H20N2O3/c1-12(7-8-13-5-3-2-4-6-13)21-10-9-14-11-15(22)18(23)16(17(14)21)19(20)24/h2-6,9-12,22-23H,7-8H2,1H3,(H2,20,24)/t12-/m1/s1. The molecule has 5 heteroatoms. The van der Waals surface area contributed by atoms with Gasteiger partial charge in [-0.25, -0.2) is 0 Å². The quantitative estimate of drug-likeness (QED) is 0.629. The second-order valence-electron chi connectivity index (χ2n) is 6.02. The molecule has 0 unspecified atom stereocenters. The summed E-state index contributed by atoms with van der Waals surface area (Å²) in [6.07, 6.45) is 3.62. The molecule has 0 saturated carbocycles. The Balaban J connectivity index is 1.97. The van der Waals surface area contributed by atoms with E-state index in [9.17, 15) is 15.0 Å². The first kappa shape index (κ1) is 15.9. The lowest BCUT2D eigenvalue weighted by atomic mass is 10.0. The zero-order valence-corrected chi connectivity index (χ0v) is 13.4. The molecule has 2 aromatic carbocycles. The minimum atomic E-state index is -0.761. The molecule has 0 spiro atoms. The maximum absolute atomic E-state index is 11.8. The van der Waals surface area contributed by atoms with Crippen molar-refractivity contribution in [1.82, 2.24) is 4.57 Å². The lowest BCUT2D eigenvalue weighted by Crippen LogP contribution is -2.15. The molecule has 0 aliphatic heterocycles. The van der Waals surface area contributed by atoms with Crippen molar-refractivity contribution in [3.05, 3.63) is 59.8 Å². The van der Waals surface area contributed by atoms with Crippen LogP contribution in [-0.2, 0) is 6.42 Å². The first-order valence-corrected chi connectivity index (χ1v) is 7.88. The van der Waals surface area contributed by atoms with E-state index in [0.717, 1.165) is 12.8 Å². The fourth-order valence-corrected chi connectivity index (χ4v) is 3.07. The summed E-state index contributed by atoms with van der Waals surface area (Å²) in [5.41, 5.74) is 7.18. The van der Waals surface area contributed by atoms with Gasteiger partial charge in [0.2, 0.25) is 0 Å². The fourth-order valence-electron chi connectivity index (χ4n) is 3.07. The van der Waals surface area contributed by atoms with Crippen LogP contribution in [0.3, 0.4) is 0 Å². The van der Waals surface area contributed by atoms with E-state index in [1.807, 2.05) is 29.0 Å². The van der Waals surface area contributed by atoms with Crippen LogP contribution in [0.25, 0.3) is 10.9 Å². The third-order valence-electron chi connectivity index (χ3n) is 4.37. The fraction of sp³-hybridized carbons (Fsp3) is 0.211. The first-order valence-electron chi connectivity index (χ1n) is 7.88. The maximum Gasteiger partial charge on any atom is 0.254 e. The molecule has 1 aromatic heterocycles. The van der Waals surface area contributed by atoms with E-state index >= 15 is 0 Å². The number of nitrogens with two attached hydrogens (primary N) is 1. The Kier molecular flexibility index (Phi) is 4.16. The zero-order chi connectivity index (χ0) is 17.3. The number of hydrogen-bond donors (Lipinski definition) is 3. The predicted octanol–water partition coefficient (Wildman–Crippen LogP) is 3.35. The normalized spacial score (nSPS) is 12.4. The summed E-state index contributed by atoms with van der Waals surface area (Å²) < 4.78 is 1.93. The number of phenolic OH excluding ortho intramolecular Hbond substituents is 1. The summed E-state index contributed by atoms with van der Waals surface area (Å²) in [6, 6.07) is 13.5. The molecular weight excluding hydrogens is 304 g/mol. The van der Waals surface area contributed by atoms with E-state index in [4.69, 9.17) is 5.73 Å². The molecule has 1 amide bonds. The van der Waals surface area contributed by atoms with Crippen molar-refractivity contribution in [3.63, 3.8) is 0 Å². The predicted molar refractivity (Wildman–Crippen MR) is 93.3 cm³/mol. The van der Waals surface area contributed by atoms with Gasteiger partial charge in [0.05, 0.1) is 5.52 Å². The Morgan fingerprint density at radius 3 is 2.58 bits per heavy atom. The molecule has 1 heterocycles. The van der Waals surface area contributed by atoms with E-state index < -0.39 is 11.7 Å². The number of phenols is 2. The van der Waals surface area contributed by atoms with Crippen LogP contribution in [0.15, 0.2) is 48.7 Å². The Bertz CT molecular complexity index is 885. The van der Waals surface area contributed by atoms with Crippen molar-refractivity contribution in [2.24, 2.45) is 5.73 Å². The van der Waals surface area contributed by atoms with Crippen molar-refractivity contribution in [1.29, 1.82) is 0 Å². The zero-order valence-electron chi connectivity index (χ0n) is 13.4. The van der Waals surface area contributed by atoms with Gasteiger partial charge in [-0.05, 0) is 37.5 Å². The molecule has 24 heavy (non-hydrogen) atoms. The van der Waals surface area contributed by atoms with Gasteiger partial charge in [-0.15, -0.1) is 0 Å². The molecule has 0 aliphatic carbocycles. The second kappa shape index (κ2) is 6.28. The number of amides is 1. The smallest absolute Gasteiger partial charge is 0.254 e. The monoisotopic (exact) mass is 324 g/mol. The number of hydrogen-bond acceptors (Lipinski definition) is 3. The Morgan fingerprint density at radius 1 is 1.21 bits per heavy atom. The number of carbonyl (C=O) groups excluding carboxylic acids is 1. The number of rotatable bonds is 5. The van der Waals surface area contributed by atoms with Gasteiger partial charge in [0, 0.05) is 17.6 Å². The largest absolute Gasteiger partial charge is 0.504 e. The molecule has 124 valence electrons. The van der Waals surface area contributed by atoms with Crippen molar-refractivity contribution in [3.8, 4) is 11.5 Å². The van der Waals surface area contributed by atoms with Gasteiger partial charge < -0.3 is 20.5 Å². The van der Waals surface area contributed by atoms with Crippen LogP contribution in [0, 0.1) is 0 Å². The van der Waals surface area contributed by atoms with Crippen LogP contribution in [-0.4, -0.2) is 20.7 Å². The molecule has 3 aromatic rings. The summed E-state index contributed by atoms with van der Waals surface area (Å²) in [5.74, 6) is -1.57. The summed E-state index contributed by atoms with van der Waals surface area (Å²) in [5, 5.41) is 20.5. The Labute approximate surface area is 140 Å². The third-order valence-corrected chi connectivity index (χ3v) is 4.37. The highest BCUT2D eigenvalue weighted by atomic mass is 16.3. The number of carbonyl (C=O) groups is 1. The third kappa shape index (κ3) is 2.80. The maximum atomic E-state index is 11.8. The average Bonchev–Trinajstić information content (AvgIpc) is 2.97. The highest BCUT2D eigenvalue weighted by Gasteiger charge is 2.21. The second-order valence-corrected chi connectivity index (χ2v) is 6.02. The van der Waals surface area contributed by atoms with Crippen LogP contribution in [0.5, 0.6) is 11.5 Å². The number of aromatic nitrogens is 1. The van der Waals surface area contributed by atoms with Gasteiger partial charge in [0.1, 0.15) is 5.56 Å². The van der Waals surface area contributed by atoms with Gasteiger partial charge in [-0.2, -0.15) is 0 Å². The number of fused-ring (bicyclic) bond motifs is 1. The van der Waals surface area contributed by atoms with E-state index in [0.29, 0.717) is 10.9 Å². The van der Waals surface area contributed by atoms with Crippen molar-refractivity contribution >= 4 is 16.8 Å². The molecule has 0 saturated heterocycles. The highest BCUT2D eigenvalue weighted by molar-refractivity contribution is 6.08. The summed E-state index contributed by atoms with van der Waals surface area (Å²) in [4.78, 5) is 11.8. The van der Waals surface area contributed by atoms with Gasteiger partial charge in [-0.3, -0.25) is 4.79 Å². The van der Waals surface area contributed by atoms with Gasteiger partial charge in [0.25, 0.3) is 5.91 Å². The number of benzene rings is 2. The summed E-state index contributed by atoms with van der Waals surface area (Å²) >= 11 is 0. The molecule has 3 rings (SSSR count). The molecule has 0 fully saturated rings. The van der Waals surface area contributed by atoms with Crippen molar-refractivity contribution < 1.29 is 15.0 Å². The van der Waals surface area contributed by atoms with Gasteiger partial charge in [0.15, 0.2) is 11.5 Å². The topological polar surface area (TPSA) is 88.5 Å². The minimum absolute atomic E-state index is 0.0402. The number of primary amides is 1. The van der Waals surface area contributed by atoms with Gasteiger partial charge >= 0.3 is 0 Å². The molecule has 0 aliphatic rings. The molecular formula is C19H20N2O3. The van der Waals surface area contributed by atoms with Crippen molar-refractivity contribution in [2.45, 2.75) is 25.8 Å². The number of aromatic hydroxyl groups is 2. The molecule has 0 bridgehead atoms. The van der Waals surface area contributed by atoms with E-state index in [-0.39, 0.29) is 17.4 Å². The van der Waals surface area contributed by atoms with Crippen molar-refractivity contribution in [2.75, 3.05) is 0 Å². The van der Waals surface area contributed by atoms with Crippen LogP contribution >= 0.6 is 0 Å². The molecule has 1 atom stereocenters. The van der Waals surface area contributed by atoms with Crippen LogP contribution < -0.4 is 5.73 Å². The van der Waals surface area contributed by atoms with Gasteiger partial charge in [-0.1, -0.05) is 30.3 Å². The first-order chi connectivity index (χ1) is 11.5. The van der Waals surface area contributed by atoms with E-state index in [1.54, 1.807) is 6.07 Å². The van der Waals surface area contributed by atoms with E-state index in [1.165, 1.54) is 11.6 Å². The Hall–Kier alpha value is -2.95. The SMILES string of the molecule is C[C@H](CCc1ccccc1)n1ccc2cc(O)c(O)c(C(N)=O)c21. The highest BCUT2D eigenvalue weighted by Crippen LogP contribution is 2.37. The van der Waals surface area contributed by atoms with E-state index in [2.05, 4.69) is 19.1 Å². The molecule has 5 nitrogen and oxygen atoms in total. The number of nitrogens with zero attached hydrogens (tertiary/aromatic N) is 1. The summed E-state index contributed by atoms with van der Waals surface area (Å²) in [7, 11) is 0. The molecule has 4 N–H and O–H groups in total. The van der Waals surface area contributed by atoms with Crippen LogP contribution in [0.4, 0.5) is 0 Å². The lowest BCUT2D eigenvalue weighted by Gasteiger charge is -2.17.